The summed E-state index contributed by atoms with van der Waals surface area (Å²) in [5, 5.41) is 7.44. The number of rotatable bonds is 10. The van der Waals surface area contributed by atoms with Crippen molar-refractivity contribution >= 4 is 63.1 Å². The maximum Gasteiger partial charge on any atom is 0.272 e. The van der Waals surface area contributed by atoms with Gasteiger partial charge in [-0.3, -0.25) is 19.0 Å². The molecule has 2 N–H and O–H groups in total. The highest BCUT2D eigenvalue weighted by Gasteiger charge is 2.24. The van der Waals surface area contributed by atoms with Crippen molar-refractivity contribution in [1.29, 1.82) is 0 Å². The quantitative estimate of drug-likeness (QED) is 0.116. The van der Waals surface area contributed by atoms with E-state index in [4.69, 9.17) is 4.74 Å². The van der Waals surface area contributed by atoms with Crippen LogP contribution in [-0.2, 0) is 4.79 Å². The zero-order chi connectivity index (χ0) is 32.8. The van der Waals surface area contributed by atoms with Gasteiger partial charge in [-0.25, -0.2) is 0 Å². The van der Waals surface area contributed by atoms with Crippen LogP contribution in [-0.4, -0.2) is 34.6 Å². The molecular weight excluding hydrogens is 607 g/mol. The second-order valence-electron chi connectivity index (χ2n) is 10.8. The van der Waals surface area contributed by atoms with Gasteiger partial charge in [-0.1, -0.05) is 79.7 Å². The van der Waals surface area contributed by atoms with Crippen molar-refractivity contribution in [1.82, 2.24) is 9.88 Å². The van der Waals surface area contributed by atoms with Gasteiger partial charge in [0.05, 0.1) is 23.4 Å². The summed E-state index contributed by atoms with van der Waals surface area (Å²) in [5.41, 5.74) is 3.46. The maximum atomic E-state index is 14.0. The van der Waals surface area contributed by atoms with Crippen molar-refractivity contribution in [2.75, 3.05) is 12.4 Å². The number of carbonyl (C=O) groups excluding carboxylic acids is 3. The fourth-order valence-electron chi connectivity index (χ4n) is 5.48. The molecule has 0 saturated heterocycles. The van der Waals surface area contributed by atoms with Crippen LogP contribution in [0.5, 0.6) is 5.75 Å². The van der Waals surface area contributed by atoms with E-state index in [9.17, 15) is 14.4 Å². The van der Waals surface area contributed by atoms with E-state index in [2.05, 4.69) is 10.6 Å². The van der Waals surface area contributed by atoms with E-state index in [1.807, 2.05) is 90.4 Å². The molecule has 5 aromatic carbocycles. The predicted molar refractivity (Wildman–Crippen MR) is 190 cm³/mol. The molecule has 1 unspecified atom stereocenters. The molecule has 0 bridgehead atoms. The summed E-state index contributed by atoms with van der Waals surface area (Å²) < 4.78 is 7.29. The standard InChI is InChI=1S/C39H33N3O4S/c1-3-36(39(45)42-33-18-10-8-16-30(33)31-17-9-11-19-34(31)42)47-29-23-21-28(22-24-29)40-38(44)32(25-27-15-7-12-20-35(27)46-2)41-37(43)26-13-5-4-6-14-26/h4-25,36H,3H2,1-2H3,(H,40,44)(H,41,43)/b32-25-. The number of fused-ring (bicyclic) bond motifs is 3. The average molecular weight is 640 g/mol. The van der Waals surface area contributed by atoms with Crippen LogP contribution in [0.2, 0.25) is 0 Å². The summed E-state index contributed by atoms with van der Waals surface area (Å²) in [7, 11) is 1.55. The Morgan fingerprint density at radius 1 is 0.766 bits per heavy atom. The molecule has 2 amide bonds. The van der Waals surface area contributed by atoms with Gasteiger partial charge in [-0.05, 0) is 67.1 Å². The highest BCUT2D eigenvalue weighted by molar-refractivity contribution is 8.00. The first-order valence-corrected chi connectivity index (χ1v) is 16.2. The normalized spacial score (nSPS) is 12.1. The number of nitrogens with one attached hydrogen (secondary N) is 2. The molecule has 8 heteroatoms. The summed E-state index contributed by atoms with van der Waals surface area (Å²) in [6.07, 6.45) is 2.23. The van der Waals surface area contributed by atoms with Gasteiger partial charge in [0.1, 0.15) is 11.4 Å². The number of thioether (sulfide) groups is 1. The molecule has 0 spiro atoms. The number of ether oxygens (including phenoxy) is 1. The van der Waals surface area contributed by atoms with Crippen molar-refractivity contribution < 1.29 is 19.1 Å². The van der Waals surface area contributed by atoms with Gasteiger partial charge < -0.3 is 15.4 Å². The summed E-state index contributed by atoms with van der Waals surface area (Å²) in [6, 6.07) is 39.3. The van der Waals surface area contributed by atoms with E-state index in [1.165, 1.54) is 11.8 Å². The largest absolute Gasteiger partial charge is 0.496 e. The first kappa shape index (κ1) is 31.4. The van der Waals surface area contributed by atoms with Gasteiger partial charge in [0, 0.05) is 32.5 Å². The van der Waals surface area contributed by atoms with Gasteiger partial charge in [-0.15, -0.1) is 11.8 Å². The molecule has 0 aliphatic heterocycles. The van der Waals surface area contributed by atoms with E-state index in [-0.39, 0.29) is 16.9 Å². The lowest BCUT2D eigenvalue weighted by Crippen LogP contribution is -2.30. The number of methoxy groups -OCH3 is 1. The fourth-order valence-corrected chi connectivity index (χ4v) is 6.47. The molecule has 1 heterocycles. The van der Waals surface area contributed by atoms with Crippen molar-refractivity contribution in [2.45, 2.75) is 23.5 Å². The topological polar surface area (TPSA) is 89.4 Å². The summed E-state index contributed by atoms with van der Waals surface area (Å²) in [6.45, 7) is 2.01. The van der Waals surface area contributed by atoms with Crippen LogP contribution in [0, 0.1) is 0 Å². The van der Waals surface area contributed by atoms with E-state index < -0.39 is 11.8 Å². The molecule has 6 aromatic rings. The Labute approximate surface area is 277 Å². The van der Waals surface area contributed by atoms with Gasteiger partial charge in [-0.2, -0.15) is 0 Å². The van der Waals surface area contributed by atoms with Crippen LogP contribution in [0.1, 0.15) is 34.1 Å². The molecule has 0 aliphatic carbocycles. The maximum absolute atomic E-state index is 14.0. The number of carbonyl (C=O) groups is 3. The minimum atomic E-state index is -0.492. The molecular formula is C39H33N3O4S. The van der Waals surface area contributed by atoms with Crippen LogP contribution >= 0.6 is 11.8 Å². The number of nitrogens with zero attached hydrogens (tertiary/aromatic N) is 1. The SMILES string of the molecule is CCC(Sc1ccc(NC(=O)/C(=C/c2ccccc2OC)NC(=O)c2ccccc2)cc1)C(=O)n1c2ccccc2c2ccccc21. The summed E-state index contributed by atoms with van der Waals surface area (Å²) in [4.78, 5) is 41.4. The Balaban J connectivity index is 1.21. The lowest BCUT2D eigenvalue weighted by atomic mass is 10.1. The number of hydrogen-bond acceptors (Lipinski definition) is 5. The molecule has 7 nitrogen and oxygen atoms in total. The predicted octanol–water partition coefficient (Wildman–Crippen LogP) is 8.42. The van der Waals surface area contributed by atoms with E-state index >= 15 is 0 Å². The average Bonchev–Trinajstić information content (AvgIpc) is 3.45. The fraction of sp³-hybridized carbons (Fsp3) is 0.103. The van der Waals surface area contributed by atoms with Gasteiger partial charge in [0.25, 0.3) is 11.8 Å². The molecule has 6 rings (SSSR count). The number of aromatic nitrogens is 1. The van der Waals surface area contributed by atoms with E-state index in [0.29, 0.717) is 29.0 Å². The highest BCUT2D eigenvalue weighted by atomic mass is 32.2. The number of benzene rings is 5. The molecule has 234 valence electrons. The van der Waals surface area contributed by atoms with Gasteiger partial charge in [0.2, 0.25) is 5.91 Å². The van der Waals surface area contributed by atoms with Gasteiger partial charge in [0.15, 0.2) is 0 Å². The third-order valence-corrected chi connectivity index (χ3v) is 9.17. The van der Waals surface area contributed by atoms with Crippen LogP contribution in [0.15, 0.2) is 138 Å². The van der Waals surface area contributed by atoms with Crippen LogP contribution in [0.4, 0.5) is 5.69 Å². The third kappa shape index (κ3) is 6.83. The number of anilines is 1. The second kappa shape index (κ2) is 14.2. The molecule has 0 saturated carbocycles. The molecule has 0 fully saturated rings. The summed E-state index contributed by atoms with van der Waals surface area (Å²) in [5.74, 6) is -0.317. The molecule has 47 heavy (non-hydrogen) atoms. The Hall–Kier alpha value is -5.60. The van der Waals surface area contributed by atoms with Crippen molar-refractivity contribution in [3.05, 3.63) is 144 Å². The number of para-hydroxylation sites is 3. The van der Waals surface area contributed by atoms with Crippen LogP contribution < -0.4 is 15.4 Å². The van der Waals surface area contributed by atoms with Gasteiger partial charge >= 0.3 is 0 Å². The Morgan fingerprint density at radius 2 is 1.36 bits per heavy atom. The molecule has 0 aliphatic rings. The van der Waals surface area contributed by atoms with Crippen molar-refractivity contribution in [3.63, 3.8) is 0 Å². The van der Waals surface area contributed by atoms with E-state index in [0.717, 1.165) is 26.7 Å². The lowest BCUT2D eigenvalue weighted by molar-refractivity contribution is -0.113. The highest BCUT2D eigenvalue weighted by Crippen LogP contribution is 2.33. The number of amides is 2. The zero-order valence-electron chi connectivity index (χ0n) is 26.0. The van der Waals surface area contributed by atoms with Crippen LogP contribution in [0.3, 0.4) is 0 Å². The first-order valence-electron chi connectivity index (χ1n) is 15.3. The minimum Gasteiger partial charge on any atom is -0.496 e. The second-order valence-corrected chi connectivity index (χ2v) is 12.1. The van der Waals surface area contributed by atoms with E-state index in [1.54, 1.807) is 61.7 Å². The van der Waals surface area contributed by atoms with Crippen LogP contribution in [0.25, 0.3) is 27.9 Å². The third-order valence-electron chi connectivity index (χ3n) is 7.80. The first-order chi connectivity index (χ1) is 23.0. The Kier molecular flexibility index (Phi) is 9.50. The number of hydrogen-bond donors (Lipinski definition) is 2. The Morgan fingerprint density at radius 3 is 2.00 bits per heavy atom. The molecule has 1 atom stereocenters. The smallest absolute Gasteiger partial charge is 0.272 e. The lowest BCUT2D eigenvalue weighted by Gasteiger charge is -2.16. The Bertz CT molecular complexity index is 2050. The summed E-state index contributed by atoms with van der Waals surface area (Å²) >= 11 is 1.49. The van der Waals surface area contributed by atoms with Crippen molar-refractivity contribution in [2.24, 2.45) is 0 Å². The minimum absolute atomic E-state index is 0.0209. The van der Waals surface area contributed by atoms with Crippen molar-refractivity contribution in [3.8, 4) is 5.75 Å². The monoisotopic (exact) mass is 639 g/mol. The zero-order valence-corrected chi connectivity index (χ0v) is 26.8. The molecule has 0 radical (unpaired) electrons. The molecule has 1 aromatic heterocycles.